The van der Waals surface area contributed by atoms with Crippen LogP contribution in [0.3, 0.4) is 0 Å². The summed E-state index contributed by atoms with van der Waals surface area (Å²) >= 11 is 0. The predicted molar refractivity (Wildman–Crippen MR) is 163 cm³/mol. The zero-order chi connectivity index (χ0) is 29.5. The van der Waals surface area contributed by atoms with Gasteiger partial charge in [-0.2, -0.15) is 9.97 Å². The molecule has 2 aromatic heterocycles. The monoisotopic (exact) mass is 563 g/mol. The van der Waals surface area contributed by atoms with E-state index in [1.807, 2.05) is 19.1 Å². The minimum absolute atomic E-state index is 0.00177. The molecule has 3 aromatic rings. The van der Waals surface area contributed by atoms with Crippen LogP contribution in [-0.2, 0) is 27.4 Å². The van der Waals surface area contributed by atoms with Crippen LogP contribution in [0, 0.1) is 18.8 Å². The number of nitrogen functional groups attached to an aromatic ring is 2. The number of fused-ring (bicyclic) bond motifs is 1. The highest BCUT2D eigenvalue weighted by molar-refractivity contribution is 5.90. The molecular formula is C31H45N7O3. The van der Waals surface area contributed by atoms with Gasteiger partial charge in [0.25, 0.3) is 0 Å². The predicted octanol–water partition coefficient (Wildman–Crippen LogP) is 4.75. The molecule has 10 heteroatoms. The highest BCUT2D eigenvalue weighted by atomic mass is 16.5. The first kappa shape index (κ1) is 30.5. The number of nitrogens with two attached hydrogens (primary N) is 2. The van der Waals surface area contributed by atoms with Crippen molar-refractivity contribution in [3.63, 3.8) is 0 Å². The largest absolute Gasteiger partial charge is 0.461 e. The van der Waals surface area contributed by atoms with Gasteiger partial charge >= 0.3 is 5.97 Å². The maximum atomic E-state index is 13.1. The molecule has 41 heavy (non-hydrogen) atoms. The number of carbonyl (C=O) groups is 1. The summed E-state index contributed by atoms with van der Waals surface area (Å²) in [5, 5.41) is 7.62. The van der Waals surface area contributed by atoms with E-state index < -0.39 is 0 Å². The van der Waals surface area contributed by atoms with Crippen LogP contribution in [0.4, 0.5) is 17.5 Å². The van der Waals surface area contributed by atoms with Crippen molar-refractivity contribution < 1.29 is 14.3 Å². The average molecular weight is 564 g/mol. The van der Waals surface area contributed by atoms with Gasteiger partial charge in [0.2, 0.25) is 5.95 Å². The molecule has 1 aromatic carbocycles. The number of esters is 1. The van der Waals surface area contributed by atoms with E-state index in [1.54, 1.807) is 13.3 Å². The fraction of sp³-hybridized carbons (Fsp3) is 0.548. The molecule has 1 saturated carbocycles. The number of aromatic nitrogens is 3. The van der Waals surface area contributed by atoms with E-state index in [2.05, 4.69) is 58.5 Å². The third-order valence-corrected chi connectivity index (χ3v) is 7.96. The molecule has 0 amide bonds. The SMILES string of the molecule is CO[C@H](C)CC1CCC(OC(=O)[C@H](CC(C)C)NCc2ccc(NCc3cnc4nc(N)nc(N)c4c3C)cc2)C1. The van der Waals surface area contributed by atoms with Crippen molar-refractivity contribution in [2.24, 2.45) is 11.8 Å². The molecule has 6 N–H and O–H groups in total. The first-order valence-electron chi connectivity index (χ1n) is 14.6. The zero-order valence-corrected chi connectivity index (χ0v) is 24.9. The first-order valence-corrected chi connectivity index (χ1v) is 14.6. The van der Waals surface area contributed by atoms with Gasteiger partial charge in [-0.15, -0.1) is 0 Å². The van der Waals surface area contributed by atoms with Crippen LogP contribution in [0.5, 0.6) is 0 Å². The number of methoxy groups -OCH3 is 1. The topological polar surface area (TPSA) is 150 Å². The Morgan fingerprint density at radius 1 is 1.10 bits per heavy atom. The fourth-order valence-corrected chi connectivity index (χ4v) is 5.59. The summed E-state index contributed by atoms with van der Waals surface area (Å²) < 4.78 is 11.4. The molecule has 0 radical (unpaired) electrons. The van der Waals surface area contributed by atoms with Gasteiger partial charge in [-0.05, 0) is 86.6 Å². The van der Waals surface area contributed by atoms with Crippen LogP contribution in [0.2, 0.25) is 0 Å². The number of aryl methyl sites for hydroxylation is 1. The third-order valence-electron chi connectivity index (χ3n) is 7.96. The minimum atomic E-state index is -0.333. The molecule has 222 valence electrons. The van der Waals surface area contributed by atoms with E-state index in [-0.39, 0.29) is 30.2 Å². The average Bonchev–Trinajstić information content (AvgIpc) is 3.36. The maximum Gasteiger partial charge on any atom is 0.323 e. The fourth-order valence-electron chi connectivity index (χ4n) is 5.59. The van der Waals surface area contributed by atoms with E-state index in [0.717, 1.165) is 59.9 Å². The number of hydrogen-bond acceptors (Lipinski definition) is 10. The molecule has 10 nitrogen and oxygen atoms in total. The number of anilines is 3. The molecule has 4 atom stereocenters. The Hall–Kier alpha value is -3.50. The highest BCUT2D eigenvalue weighted by Gasteiger charge is 2.31. The Morgan fingerprint density at radius 2 is 1.85 bits per heavy atom. The number of pyridine rings is 1. The molecule has 2 heterocycles. The first-order chi connectivity index (χ1) is 19.6. The Morgan fingerprint density at radius 3 is 2.56 bits per heavy atom. The molecule has 1 fully saturated rings. The van der Waals surface area contributed by atoms with E-state index in [9.17, 15) is 4.79 Å². The third kappa shape index (κ3) is 8.27. The molecule has 0 spiro atoms. The lowest BCUT2D eigenvalue weighted by Gasteiger charge is -2.22. The highest BCUT2D eigenvalue weighted by Crippen LogP contribution is 2.32. The number of hydrogen-bond donors (Lipinski definition) is 4. The standard InChI is InChI=1S/C31H45N7O3/c1-18(2)12-26(30(39)41-25-11-8-22(14-25)13-19(3)40-5)35-15-21-6-9-24(10-7-21)34-16-23-17-36-29-27(20(23)4)28(32)37-31(33)38-29/h6-7,9-10,17-19,22,25-26,34-35H,8,11-16H2,1-5H3,(H4,32,33,36,37,38)/t19-,22?,25?,26+/m1/s1. The van der Waals surface area contributed by atoms with Gasteiger partial charge in [-0.1, -0.05) is 26.0 Å². The molecular weight excluding hydrogens is 518 g/mol. The molecule has 1 aliphatic rings. The second-order valence-corrected chi connectivity index (χ2v) is 11.7. The van der Waals surface area contributed by atoms with Gasteiger partial charge < -0.3 is 31.6 Å². The minimum Gasteiger partial charge on any atom is -0.461 e. The van der Waals surface area contributed by atoms with Crippen molar-refractivity contribution in [3.05, 3.63) is 47.2 Å². The van der Waals surface area contributed by atoms with Crippen LogP contribution in [0.1, 0.15) is 69.6 Å². The van der Waals surface area contributed by atoms with E-state index in [1.165, 1.54) is 0 Å². The van der Waals surface area contributed by atoms with Crippen LogP contribution in [0.25, 0.3) is 11.0 Å². The quantitative estimate of drug-likeness (QED) is 0.214. The Balaban J connectivity index is 1.30. The summed E-state index contributed by atoms with van der Waals surface area (Å²) in [6.45, 7) is 9.49. The van der Waals surface area contributed by atoms with Crippen molar-refractivity contribution in [1.29, 1.82) is 0 Å². The Labute approximate surface area is 243 Å². The van der Waals surface area contributed by atoms with Gasteiger partial charge in [0.15, 0.2) is 5.65 Å². The molecule has 0 bridgehead atoms. The Kier molecular flexibility index (Phi) is 10.3. The lowest BCUT2D eigenvalue weighted by molar-refractivity contribution is -0.152. The van der Waals surface area contributed by atoms with Crippen molar-refractivity contribution in [2.75, 3.05) is 23.9 Å². The summed E-state index contributed by atoms with van der Waals surface area (Å²) in [5.74, 6) is 1.23. The normalized spacial score (nSPS) is 18.5. The van der Waals surface area contributed by atoms with Gasteiger partial charge in [0, 0.05) is 32.1 Å². The number of ether oxygens (including phenoxy) is 2. The van der Waals surface area contributed by atoms with Gasteiger partial charge in [0.05, 0.1) is 11.5 Å². The van der Waals surface area contributed by atoms with E-state index >= 15 is 0 Å². The molecule has 1 aliphatic carbocycles. The van der Waals surface area contributed by atoms with Gasteiger partial charge in [-0.3, -0.25) is 4.79 Å². The van der Waals surface area contributed by atoms with Crippen LogP contribution >= 0.6 is 0 Å². The zero-order valence-electron chi connectivity index (χ0n) is 24.9. The maximum absolute atomic E-state index is 13.1. The number of nitrogens with zero attached hydrogens (tertiary/aromatic N) is 3. The lowest BCUT2D eigenvalue weighted by Crippen LogP contribution is -2.40. The summed E-state index contributed by atoms with van der Waals surface area (Å²) in [4.78, 5) is 25.8. The van der Waals surface area contributed by atoms with E-state index in [0.29, 0.717) is 36.4 Å². The van der Waals surface area contributed by atoms with Crippen molar-refractivity contribution in [3.8, 4) is 0 Å². The second kappa shape index (κ2) is 13.9. The molecule has 0 saturated heterocycles. The van der Waals surface area contributed by atoms with Crippen LogP contribution in [0.15, 0.2) is 30.5 Å². The van der Waals surface area contributed by atoms with Crippen molar-refractivity contribution in [1.82, 2.24) is 20.3 Å². The summed E-state index contributed by atoms with van der Waals surface area (Å²) in [5.41, 5.74) is 16.3. The number of rotatable bonds is 13. The van der Waals surface area contributed by atoms with Crippen molar-refractivity contribution in [2.45, 2.75) is 91.1 Å². The molecule has 2 unspecified atom stereocenters. The summed E-state index contributed by atoms with van der Waals surface area (Å²) in [6.07, 6.45) is 6.71. The molecule has 4 rings (SSSR count). The number of nitrogens with one attached hydrogen (secondary N) is 2. The number of benzene rings is 1. The molecule has 0 aliphatic heterocycles. The van der Waals surface area contributed by atoms with Crippen molar-refractivity contribution >= 4 is 34.5 Å². The Bertz CT molecular complexity index is 1320. The van der Waals surface area contributed by atoms with E-state index in [4.69, 9.17) is 20.9 Å². The summed E-state index contributed by atoms with van der Waals surface area (Å²) in [7, 11) is 1.75. The number of carbonyl (C=O) groups excluding carboxylic acids is 1. The van der Waals surface area contributed by atoms with Crippen LogP contribution in [-0.4, -0.2) is 46.3 Å². The lowest BCUT2D eigenvalue weighted by atomic mass is 10.0. The van der Waals surface area contributed by atoms with Gasteiger partial charge in [0.1, 0.15) is 18.0 Å². The second-order valence-electron chi connectivity index (χ2n) is 11.7. The van der Waals surface area contributed by atoms with Gasteiger partial charge in [-0.25, -0.2) is 4.98 Å². The summed E-state index contributed by atoms with van der Waals surface area (Å²) in [6, 6.07) is 7.86. The smallest absolute Gasteiger partial charge is 0.323 e. The van der Waals surface area contributed by atoms with Crippen LogP contribution < -0.4 is 22.1 Å².